The summed E-state index contributed by atoms with van der Waals surface area (Å²) in [5.74, 6) is -1.70. The second-order valence-corrected chi connectivity index (χ2v) is 4.07. The van der Waals surface area contributed by atoms with Crippen LogP contribution in [0.25, 0.3) is 0 Å². The Balaban J connectivity index is 2.51. The largest absolute Gasteiger partial charge is 0.451 e. The van der Waals surface area contributed by atoms with Crippen molar-refractivity contribution in [2.24, 2.45) is 0 Å². The molecule has 2 rings (SSSR count). The second-order valence-electron chi connectivity index (χ2n) is 4.07. The summed E-state index contributed by atoms with van der Waals surface area (Å²) >= 11 is 0. The highest BCUT2D eigenvalue weighted by atomic mass is 16.6. The molecule has 1 atom stereocenters. The van der Waals surface area contributed by atoms with Crippen molar-refractivity contribution < 1.29 is 29.1 Å². The minimum atomic E-state index is -2.17. The van der Waals surface area contributed by atoms with Crippen molar-refractivity contribution in [2.75, 3.05) is 7.11 Å². The van der Waals surface area contributed by atoms with E-state index in [0.717, 1.165) is 14.0 Å². The molecular formula is C12H11NO6. The van der Waals surface area contributed by atoms with Crippen molar-refractivity contribution >= 4 is 17.8 Å². The SMILES string of the molecule is COC(=O)N(O)C1(C)C(=O)Oc2ccccc2C1=O. The Morgan fingerprint density at radius 3 is 2.63 bits per heavy atom. The molecular weight excluding hydrogens is 254 g/mol. The van der Waals surface area contributed by atoms with Gasteiger partial charge in [0.25, 0.3) is 0 Å². The average Bonchev–Trinajstić information content (AvgIpc) is 2.43. The molecule has 1 aromatic carbocycles. The molecule has 0 aromatic heterocycles. The number of esters is 1. The number of methoxy groups -OCH3 is 1. The van der Waals surface area contributed by atoms with Crippen LogP contribution >= 0.6 is 0 Å². The number of hydrogen-bond donors (Lipinski definition) is 1. The molecule has 1 aliphatic heterocycles. The van der Waals surface area contributed by atoms with Gasteiger partial charge in [-0.05, 0) is 19.1 Å². The number of para-hydroxylation sites is 1. The van der Waals surface area contributed by atoms with Crippen LogP contribution in [0.1, 0.15) is 17.3 Å². The van der Waals surface area contributed by atoms with E-state index in [1.54, 1.807) is 12.1 Å². The van der Waals surface area contributed by atoms with Gasteiger partial charge >= 0.3 is 12.1 Å². The monoisotopic (exact) mass is 265 g/mol. The van der Waals surface area contributed by atoms with Crippen molar-refractivity contribution in [1.82, 2.24) is 5.06 Å². The van der Waals surface area contributed by atoms with E-state index in [1.807, 2.05) is 0 Å². The third-order valence-electron chi connectivity index (χ3n) is 2.95. The average molecular weight is 265 g/mol. The molecule has 1 aliphatic rings. The molecule has 0 spiro atoms. The fourth-order valence-electron chi connectivity index (χ4n) is 1.75. The lowest BCUT2D eigenvalue weighted by Gasteiger charge is -2.35. The summed E-state index contributed by atoms with van der Waals surface area (Å²) in [6, 6.07) is 6.06. The van der Waals surface area contributed by atoms with Crippen LogP contribution in [-0.4, -0.2) is 40.8 Å². The number of fused-ring (bicyclic) bond motifs is 1. The van der Waals surface area contributed by atoms with Crippen molar-refractivity contribution in [3.8, 4) is 5.75 Å². The first-order valence-electron chi connectivity index (χ1n) is 5.36. The molecule has 7 nitrogen and oxygen atoms in total. The predicted octanol–water partition coefficient (Wildman–Crippen LogP) is 1.00. The fourth-order valence-corrected chi connectivity index (χ4v) is 1.75. The van der Waals surface area contributed by atoms with Gasteiger partial charge in [0.15, 0.2) is 0 Å². The van der Waals surface area contributed by atoms with Crippen molar-refractivity contribution in [2.45, 2.75) is 12.5 Å². The van der Waals surface area contributed by atoms with Gasteiger partial charge in [-0.1, -0.05) is 12.1 Å². The summed E-state index contributed by atoms with van der Waals surface area (Å²) in [6.45, 7) is 1.09. The van der Waals surface area contributed by atoms with E-state index in [2.05, 4.69) is 4.74 Å². The molecule has 0 saturated heterocycles. The fraction of sp³-hybridized carbons (Fsp3) is 0.250. The zero-order valence-corrected chi connectivity index (χ0v) is 10.2. The summed E-state index contributed by atoms with van der Waals surface area (Å²) in [5.41, 5.74) is -2.06. The number of hydroxylamine groups is 2. The van der Waals surface area contributed by atoms with Crippen molar-refractivity contribution in [1.29, 1.82) is 0 Å². The van der Waals surface area contributed by atoms with Crippen LogP contribution in [0, 0.1) is 0 Å². The van der Waals surface area contributed by atoms with Gasteiger partial charge in [-0.3, -0.25) is 10.0 Å². The van der Waals surface area contributed by atoms with Gasteiger partial charge in [-0.25, -0.2) is 9.59 Å². The first-order chi connectivity index (χ1) is 8.92. The zero-order valence-electron chi connectivity index (χ0n) is 10.2. The first kappa shape index (κ1) is 13.0. The number of amides is 1. The van der Waals surface area contributed by atoms with E-state index in [-0.39, 0.29) is 16.4 Å². The molecule has 1 N–H and O–H groups in total. The van der Waals surface area contributed by atoms with Crippen LogP contribution < -0.4 is 4.74 Å². The third kappa shape index (κ3) is 1.75. The van der Waals surface area contributed by atoms with Crippen LogP contribution in [-0.2, 0) is 9.53 Å². The van der Waals surface area contributed by atoms with Crippen LogP contribution in [0.2, 0.25) is 0 Å². The van der Waals surface area contributed by atoms with Gasteiger partial charge in [0.2, 0.25) is 11.3 Å². The van der Waals surface area contributed by atoms with Crippen molar-refractivity contribution in [3.63, 3.8) is 0 Å². The van der Waals surface area contributed by atoms with Crippen LogP contribution in [0.5, 0.6) is 5.75 Å². The normalized spacial score (nSPS) is 21.4. The van der Waals surface area contributed by atoms with Gasteiger partial charge in [-0.15, -0.1) is 0 Å². The van der Waals surface area contributed by atoms with Crippen molar-refractivity contribution in [3.05, 3.63) is 29.8 Å². The lowest BCUT2D eigenvalue weighted by molar-refractivity contribution is -0.169. The Morgan fingerprint density at radius 1 is 1.37 bits per heavy atom. The van der Waals surface area contributed by atoms with E-state index in [0.29, 0.717) is 0 Å². The molecule has 1 aromatic rings. The Morgan fingerprint density at radius 2 is 2.00 bits per heavy atom. The quantitative estimate of drug-likeness (QED) is 0.268. The number of benzene rings is 1. The molecule has 19 heavy (non-hydrogen) atoms. The number of hydrogen-bond acceptors (Lipinski definition) is 6. The minimum absolute atomic E-state index is 0.0619. The number of carbonyl (C=O) groups is 3. The molecule has 7 heteroatoms. The van der Waals surface area contributed by atoms with E-state index in [1.165, 1.54) is 12.1 Å². The van der Waals surface area contributed by atoms with Crippen LogP contribution in [0.15, 0.2) is 24.3 Å². The van der Waals surface area contributed by atoms with E-state index < -0.39 is 23.4 Å². The summed E-state index contributed by atoms with van der Waals surface area (Å²) in [6.07, 6.45) is -1.23. The first-order valence-corrected chi connectivity index (χ1v) is 5.36. The molecule has 100 valence electrons. The Kier molecular flexibility index (Phi) is 2.99. The second kappa shape index (κ2) is 4.36. The minimum Gasteiger partial charge on any atom is -0.451 e. The maximum Gasteiger partial charge on any atom is 0.435 e. The molecule has 0 aliphatic carbocycles. The molecule has 0 fully saturated rings. The molecule has 1 heterocycles. The summed E-state index contributed by atoms with van der Waals surface area (Å²) < 4.78 is 9.26. The molecule has 0 bridgehead atoms. The lowest BCUT2D eigenvalue weighted by Crippen LogP contribution is -2.62. The molecule has 0 saturated carbocycles. The molecule has 1 unspecified atom stereocenters. The van der Waals surface area contributed by atoms with E-state index >= 15 is 0 Å². The zero-order chi connectivity index (χ0) is 14.2. The highest BCUT2D eigenvalue weighted by Gasteiger charge is 2.55. The summed E-state index contributed by atoms with van der Waals surface area (Å²) in [7, 11) is 1.02. The smallest absolute Gasteiger partial charge is 0.435 e. The molecule has 1 amide bonds. The molecule has 0 radical (unpaired) electrons. The van der Waals surface area contributed by atoms with Gasteiger partial charge < -0.3 is 9.47 Å². The third-order valence-corrected chi connectivity index (χ3v) is 2.95. The van der Waals surface area contributed by atoms with E-state index in [4.69, 9.17) is 4.74 Å². The van der Waals surface area contributed by atoms with Crippen LogP contribution in [0.4, 0.5) is 4.79 Å². The van der Waals surface area contributed by atoms with Gasteiger partial charge in [0, 0.05) is 0 Å². The topological polar surface area (TPSA) is 93.1 Å². The number of ketones is 1. The Bertz CT molecular complexity index is 569. The standard InChI is InChI=1S/C12H11NO6/c1-12(13(17)11(16)18-2)9(14)7-5-3-4-6-8(7)19-10(12)15/h3-6,17H,1-2H3. The Labute approximate surface area is 108 Å². The summed E-state index contributed by atoms with van der Waals surface area (Å²) in [5, 5.41) is 9.64. The Hall–Kier alpha value is -2.41. The summed E-state index contributed by atoms with van der Waals surface area (Å²) in [4.78, 5) is 35.5. The van der Waals surface area contributed by atoms with Gasteiger partial charge in [-0.2, -0.15) is 5.06 Å². The van der Waals surface area contributed by atoms with Crippen LogP contribution in [0.3, 0.4) is 0 Å². The number of nitrogens with zero attached hydrogens (tertiary/aromatic N) is 1. The highest BCUT2D eigenvalue weighted by molar-refractivity contribution is 6.21. The lowest BCUT2D eigenvalue weighted by atomic mass is 9.88. The maximum absolute atomic E-state index is 12.3. The highest BCUT2D eigenvalue weighted by Crippen LogP contribution is 2.33. The van der Waals surface area contributed by atoms with E-state index in [9.17, 15) is 19.6 Å². The maximum atomic E-state index is 12.3. The van der Waals surface area contributed by atoms with Gasteiger partial charge in [0.1, 0.15) is 5.75 Å². The van der Waals surface area contributed by atoms with Gasteiger partial charge in [0.05, 0.1) is 12.7 Å². The number of carbonyl (C=O) groups excluding carboxylic acids is 3. The number of rotatable bonds is 1. The number of Topliss-reactive ketones (excluding diaryl/α,β-unsaturated/α-hetero) is 1. The predicted molar refractivity (Wildman–Crippen MR) is 60.8 cm³/mol. The number of ether oxygens (including phenoxy) is 2.